The zero-order chi connectivity index (χ0) is 49.6. The molecule has 8 rings (SSSR count). The molecule has 0 saturated carbocycles. The van der Waals surface area contributed by atoms with E-state index in [0.29, 0.717) is 5.75 Å². The predicted molar refractivity (Wildman–Crippen MR) is 271 cm³/mol. The molecule has 370 valence electrons. The van der Waals surface area contributed by atoms with Gasteiger partial charge in [0.1, 0.15) is 11.9 Å². The molecular formula is C49H67N7O10PSi2+. The van der Waals surface area contributed by atoms with Crippen LogP contribution in [0.1, 0.15) is 79.9 Å². The van der Waals surface area contributed by atoms with Gasteiger partial charge >= 0.3 is 8.25 Å². The lowest BCUT2D eigenvalue weighted by molar-refractivity contribution is -0.212. The summed E-state index contributed by atoms with van der Waals surface area (Å²) in [5, 5.41) is 16.3. The summed E-state index contributed by atoms with van der Waals surface area (Å²) in [5.74, 6) is -1.49. The summed E-state index contributed by atoms with van der Waals surface area (Å²) in [6, 6.07) is 28.5. The second-order valence-corrected chi connectivity index (χ2v) is 29.9. The fourth-order valence-corrected chi connectivity index (χ4v) is 15.2. The van der Waals surface area contributed by atoms with Gasteiger partial charge in [-0.05, 0) is 64.9 Å². The van der Waals surface area contributed by atoms with E-state index in [-0.39, 0.29) is 30.3 Å². The highest BCUT2D eigenvalue weighted by Gasteiger charge is 2.66. The van der Waals surface area contributed by atoms with Gasteiger partial charge in [-0.2, -0.15) is 4.98 Å². The van der Waals surface area contributed by atoms with E-state index in [2.05, 4.69) is 50.9 Å². The van der Waals surface area contributed by atoms with Crippen molar-refractivity contribution in [2.24, 2.45) is 4.99 Å². The molecule has 1 amide bonds. The van der Waals surface area contributed by atoms with Crippen molar-refractivity contribution in [1.29, 1.82) is 0 Å². The molecule has 0 aliphatic carbocycles. The van der Waals surface area contributed by atoms with Crippen LogP contribution in [0.5, 0.6) is 5.75 Å². The lowest BCUT2D eigenvalue weighted by Crippen LogP contribution is -2.67. The number of nitrogens with zero attached hydrogens (tertiary/aromatic N) is 5. The number of nitrogens with one attached hydrogen (secondary N) is 2. The maximum atomic E-state index is 13.4. The first-order chi connectivity index (χ1) is 32.7. The molecular weight excluding hydrogens is 934 g/mol. The molecule has 2 saturated heterocycles. The maximum absolute atomic E-state index is 13.4. The van der Waals surface area contributed by atoms with Gasteiger partial charge in [-0.25, -0.2) is 4.98 Å². The third-order valence-electron chi connectivity index (χ3n) is 13.4. The van der Waals surface area contributed by atoms with Crippen molar-refractivity contribution < 1.29 is 42.2 Å². The third kappa shape index (κ3) is 11.6. The number of aliphatic imine (C=N–C) groups is 1. The average molecular weight is 1000 g/mol. The van der Waals surface area contributed by atoms with Crippen LogP contribution in [-0.4, -0.2) is 114 Å². The van der Waals surface area contributed by atoms with Gasteiger partial charge in [0, 0.05) is 30.6 Å². The number of hydrogen-bond acceptors (Lipinski definition) is 13. The number of aromatic amines is 1. The number of amides is 1. The number of ether oxygens (including phenoxy) is 2. The minimum Gasteiger partial charge on any atom is -0.484 e. The Balaban J connectivity index is 0.000000556. The number of benzene rings is 3. The topological polar surface area (TPSA) is 212 Å². The lowest BCUT2D eigenvalue weighted by Gasteiger charge is -2.44. The fraction of sp³-hybridized carbons (Fsp3) is 0.490. The number of rotatable bonds is 14. The van der Waals surface area contributed by atoms with E-state index >= 15 is 0 Å². The van der Waals surface area contributed by atoms with Gasteiger partial charge in [0.25, 0.3) is 25.6 Å². The average Bonchev–Trinajstić information content (AvgIpc) is 3.72. The minimum atomic E-state index is -3.43. The summed E-state index contributed by atoms with van der Waals surface area (Å²) < 4.78 is 45.9. The van der Waals surface area contributed by atoms with Gasteiger partial charge in [0.2, 0.25) is 5.95 Å². The van der Waals surface area contributed by atoms with Gasteiger partial charge < -0.3 is 28.3 Å². The monoisotopic (exact) mass is 1000 g/mol. The summed E-state index contributed by atoms with van der Waals surface area (Å²) in [4.78, 5) is 55.0. The molecule has 0 radical (unpaired) electrons. The van der Waals surface area contributed by atoms with Crippen molar-refractivity contribution >= 4 is 64.1 Å². The first kappa shape index (κ1) is 51.9. The first-order valence-corrected chi connectivity index (χ1v) is 29.6. The maximum Gasteiger partial charge on any atom is 0.697 e. The van der Waals surface area contributed by atoms with E-state index in [1.165, 1.54) is 61.9 Å². The van der Waals surface area contributed by atoms with E-state index < -0.39 is 70.7 Å². The van der Waals surface area contributed by atoms with Crippen LogP contribution < -0.4 is 26.0 Å². The zero-order valence-corrected chi connectivity index (χ0v) is 43.8. The van der Waals surface area contributed by atoms with E-state index in [0.717, 1.165) is 16.9 Å². The van der Waals surface area contributed by atoms with Crippen LogP contribution in [0.25, 0.3) is 11.2 Å². The quantitative estimate of drug-likeness (QED) is 0.0501. The van der Waals surface area contributed by atoms with E-state index in [4.69, 9.17) is 22.8 Å². The zero-order valence-electron chi connectivity index (χ0n) is 40.9. The largest absolute Gasteiger partial charge is 0.697 e. The summed E-state index contributed by atoms with van der Waals surface area (Å²) >= 11 is 0. The number of fused-ring (bicyclic) bond motifs is 2. The highest BCUT2D eigenvalue weighted by Crippen LogP contribution is 2.49. The Morgan fingerprint density at radius 2 is 1.54 bits per heavy atom. The molecule has 3 aliphatic heterocycles. The molecule has 1 unspecified atom stereocenters. The molecule has 20 heteroatoms. The van der Waals surface area contributed by atoms with Crippen molar-refractivity contribution in [3.8, 4) is 5.75 Å². The summed E-state index contributed by atoms with van der Waals surface area (Å²) in [6.45, 7) is 19.1. The van der Waals surface area contributed by atoms with Gasteiger partial charge in [0.05, 0.1) is 18.8 Å². The smallest absolute Gasteiger partial charge is 0.484 e. The number of H-pyrrole nitrogens is 1. The first-order valence-electron chi connectivity index (χ1n) is 23.6. The number of carbonyl (C=O) groups is 1. The fourth-order valence-electron chi connectivity index (χ4n) is 8.87. The highest BCUT2D eigenvalue weighted by atomic mass is 31.1. The van der Waals surface area contributed by atoms with Gasteiger partial charge in [-0.1, -0.05) is 131 Å². The van der Waals surface area contributed by atoms with Crippen LogP contribution in [0.2, 0.25) is 23.2 Å². The Morgan fingerprint density at radius 1 is 0.913 bits per heavy atom. The molecule has 5 atom stereocenters. The van der Waals surface area contributed by atoms with Gasteiger partial charge in [-0.3, -0.25) is 29.4 Å². The number of aromatic nitrogens is 4. The standard InChI is InChI=1S/C40H50N5O10PSi2.C9H16N2/c1-38(2,3)57(7,8)54-33-36(45-26-41-32-34(45)43-37(44-35(32)47)42-31(46)25-51-27-18-12-9-13-19-27)53-30(40(33,48)55-56(49)50)24-52-58(39(4,5)6,28-20-14-10-15-21-28)29-22-16-11-17-23-29;1-2-5-9-10-6-4-8-11(9)7-3-1/h9-23,26,30,33,36,48H,24-25H2,1-8H3,(H2-,42,43,44,46,47,49,50);1-8H2/p+1/t30-,33+,36-,40+;/m1./s1. The highest BCUT2D eigenvalue weighted by molar-refractivity contribution is 7.32. The number of imidazole rings is 1. The van der Waals surface area contributed by atoms with E-state index in [1.54, 1.807) is 24.3 Å². The molecule has 0 bridgehead atoms. The number of carbonyl (C=O) groups excluding carboxylic acids is 1. The van der Waals surface area contributed by atoms with Crippen molar-refractivity contribution in [3.05, 3.63) is 108 Å². The molecule has 3 aliphatic rings. The number of anilines is 1. The molecule has 17 nitrogen and oxygen atoms in total. The van der Waals surface area contributed by atoms with Crippen LogP contribution >= 0.6 is 8.25 Å². The third-order valence-corrected chi connectivity index (χ3v) is 23.3. The van der Waals surface area contributed by atoms with Crippen molar-refractivity contribution in [3.63, 3.8) is 0 Å². The molecule has 5 heterocycles. The van der Waals surface area contributed by atoms with Crippen LogP contribution in [-0.2, 0) is 27.5 Å². The molecule has 69 heavy (non-hydrogen) atoms. The summed E-state index contributed by atoms with van der Waals surface area (Å²) in [5.41, 5.74) is -0.793. The van der Waals surface area contributed by atoms with Crippen LogP contribution in [0, 0.1) is 0 Å². The number of para-hydroxylation sites is 1. The Hall–Kier alpha value is -4.96. The second kappa shape index (κ2) is 21.6. The predicted octanol–water partition coefficient (Wildman–Crippen LogP) is 7.02. The number of aliphatic hydroxyl groups is 1. The normalized spacial score (nSPS) is 21.4. The van der Waals surface area contributed by atoms with Crippen LogP contribution in [0.4, 0.5) is 5.95 Å². The van der Waals surface area contributed by atoms with E-state index in [1.807, 2.05) is 101 Å². The van der Waals surface area contributed by atoms with E-state index in [9.17, 15) is 24.2 Å². The molecule has 5 aromatic rings. The Kier molecular flexibility index (Phi) is 16.2. The minimum absolute atomic E-state index is 0.0267. The number of hydrogen-bond donors (Lipinski definition) is 4. The Morgan fingerprint density at radius 3 is 2.14 bits per heavy atom. The van der Waals surface area contributed by atoms with Crippen molar-refractivity contribution in [2.75, 3.05) is 38.2 Å². The molecule has 2 fully saturated rings. The van der Waals surface area contributed by atoms with Crippen LogP contribution in [0.3, 0.4) is 0 Å². The Bertz CT molecular complexity index is 2590. The second-order valence-electron chi connectivity index (χ2n) is 20.2. The molecule has 3 aromatic carbocycles. The lowest BCUT2D eigenvalue weighted by atomic mass is 10.1. The Labute approximate surface area is 406 Å². The SMILES string of the molecule is C1CCC2=NCCCN2CC1.CC(C)(C)[Si](C)(C)O[C@H]1[C@H](n2cnc3c(=O)[nH]c(NC(=O)COc4ccccc4)nc32)O[C@H](CO[Si](c2ccccc2)(c2ccccc2)C(C)(C)C)[C@]1(O)O[P+](=O)O. The summed E-state index contributed by atoms with van der Waals surface area (Å²) in [7, 11) is -9.54. The molecule has 0 spiro atoms. The van der Waals surface area contributed by atoms with Gasteiger partial charge in [-0.15, -0.1) is 4.89 Å². The molecule has 2 aromatic heterocycles. The van der Waals surface area contributed by atoms with Crippen LogP contribution in [0.15, 0.2) is 107 Å². The van der Waals surface area contributed by atoms with Crippen molar-refractivity contribution in [2.45, 2.75) is 121 Å². The number of amidine groups is 1. The van der Waals surface area contributed by atoms with Crippen molar-refractivity contribution in [1.82, 2.24) is 24.4 Å². The van der Waals surface area contributed by atoms with Gasteiger partial charge in [0.15, 0.2) is 38.4 Å². The summed E-state index contributed by atoms with van der Waals surface area (Å²) in [6.07, 6.45) is 3.71. The molecule has 4 N–H and O–H groups in total.